The van der Waals surface area contributed by atoms with Gasteiger partial charge in [0.1, 0.15) is 22.1 Å². The zero-order valence-electron chi connectivity index (χ0n) is 21.3. The van der Waals surface area contributed by atoms with Gasteiger partial charge in [0.15, 0.2) is 0 Å². The van der Waals surface area contributed by atoms with Crippen LogP contribution in [-0.4, -0.2) is 57.7 Å². The van der Waals surface area contributed by atoms with Crippen molar-refractivity contribution < 1.29 is 14.6 Å². The Morgan fingerprint density at radius 2 is 2.00 bits per heavy atom. The molecule has 4 aromatic rings. The largest absolute Gasteiger partial charge is 0.495 e. The van der Waals surface area contributed by atoms with Gasteiger partial charge in [-0.3, -0.25) is 0 Å². The summed E-state index contributed by atoms with van der Waals surface area (Å²) in [7, 11) is 1.67. The van der Waals surface area contributed by atoms with E-state index in [4.69, 9.17) is 4.74 Å². The van der Waals surface area contributed by atoms with Gasteiger partial charge in [-0.25, -0.2) is 4.79 Å². The van der Waals surface area contributed by atoms with Crippen molar-refractivity contribution in [3.8, 4) is 5.75 Å². The fraction of sp³-hybridized carbons (Fsp3) is 0.370. The Morgan fingerprint density at radius 1 is 1.19 bits per heavy atom. The zero-order valence-corrected chi connectivity index (χ0v) is 22.1. The maximum absolute atomic E-state index is 11.7. The van der Waals surface area contributed by atoms with Gasteiger partial charge >= 0.3 is 5.97 Å². The maximum atomic E-state index is 11.7. The summed E-state index contributed by atoms with van der Waals surface area (Å²) < 4.78 is 5.74. The lowest BCUT2D eigenvalue weighted by molar-refractivity contribution is 0.0703. The monoisotopic (exact) mass is 520 g/mol. The van der Waals surface area contributed by atoms with Gasteiger partial charge < -0.3 is 30.4 Å². The maximum Gasteiger partial charge on any atom is 0.348 e. The molecule has 0 amide bonds. The van der Waals surface area contributed by atoms with E-state index in [2.05, 4.69) is 49.5 Å². The Balaban J connectivity index is 1.40. The molecule has 1 aromatic carbocycles. The summed E-state index contributed by atoms with van der Waals surface area (Å²) in [5, 5.41) is 16.9. The number of fused-ring (bicyclic) bond motifs is 1. The molecule has 10 heteroatoms. The number of hydrogen-bond donors (Lipinski definition) is 4. The normalized spacial score (nSPS) is 14.7. The van der Waals surface area contributed by atoms with Crippen molar-refractivity contribution in [1.29, 1.82) is 0 Å². The minimum Gasteiger partial charge on any atom is -0.495 e. The first kappa shape index (κ1) is 25.0. The first-order valence-electron chi connectivity index (χ1n) is 12.6. The molecule has 4 N–H and O–H groups in total. The van der Waals surface area contributed by atoms with Crippen LogP contribution >= 0.6 is 11.3 Å². The lowest BCUT2D eigenvalue weighted by Crippen LogP contribution is -2.33. The predicted molar refractivity (Wildman–Crippen MR) is 148 cm³/mol. The number of nitrogens with one attached hydrogen (secondary N) is 3. The number of thiophene rings is 1. The molecule has 0 aliphatic carbocycles. The van der Waals surface area contributed by atoms with Crippen LogP contribution < -0.4 is 15.4 Å². The van der Waals surface area contributed by atoms with E-state index in [0.29, 0.717) is 29.0 Å². The van der Waals surface area contributed by atoms with Crippen LogP contribution in [0.2, 0.25) is 0 Å². The molecule has 1 aliphatic rings. The first-order valence-corrected chi connectivity index (χ1v) is 13.4. The molecule has 0 radical (unpaired) electrons. The Labute approximate surface area is 219 Å². The summed E-state index contributed by atoms with van der Waals surface area (Å²) in [5.74, 6) is 1.18. The first-order chi connectivity index (χ1) is 17.9. The highest BCUT2D eigenvalue weighted by atomic mass is 32.1. The highest BCUT2D eigenvalue weighted by Crippen LogP contribution is 2.36. The Hall–Kier alpha value is -3.63. The van der Waals surface area contributed by atoms with Crippen molar-refractivity contribution in [1.82, 2.24) is 19.9 Å². The number of methoxy groups -OCH3 is 1. The van der Waals surface area contributed by atoms with Gasteiger partial charge in [-0.2, -0.15) is 9.97 Å². The molecule has 4 heterocycles. The van der Waals surface area contributed by atoms with Crippen molar-refractivity contribution in [2.75, 3.05) is 37.4 Å². The van der Waals surface area contributed by atoms with Crippen LogP contribution in [0, 0.1) is 6.92 Å². The Bertz CT molecular complexity index is 1410. The van der Waals surface area contributed by atoms with E-state index in [0.717, 1.165) is 47.6 Å². The van der Waals surface area contributed by atoms with E-state index in [1.54, 1.807) is 13.3 Å². The van der Waals surface area contributed by atoms with E-state index in [1.165, 1.54) is 29.9 Å². The number of anilines is 4. The molecule has 9 nitrogen and oxygen atoms in total. The van der Waals surface area contributed by atoms with E-state index >= 15 is 0 Å². The van der Waals surface area contributed by atoms with Crippen molar-refractivity contribution in [2.45, 2.75) is 39.0 Å². The zero-order chi connectivity index (χ0) is 25.9. The van der Waals surface area contributed by atoms with Crippen LogP contribution in [0.1, 0.15) is 52.2 Å². The number of aromatic nitrogens is 3. The average Bonchev–Trinajstić information content (AvgIpc) is 3.51. The number of rotatable bonds is 9. The summed E-state index contributed by atoms with van der Waals surface area (Å²) in [5.41, 5.74) is 3.20. The van der Waals surface area contributed by atoms with Crippen LogP contribution in [-0.2, 0) is 0 Å². The fourth-order valence-electron chi connectivity index (χ4n) is 4.98. The molecule has 3 aromatic heterocycles. The summed E-state index contributed by atoms with van der Waals surface area (Å²) >= 11 is 1.23. The average molecular weight is 521 g/mol. The molecule has 0 unspecified atom stereocenters. The SMILES string of the molecule is CCCN1CCC(c2ccc(Nc3nc(Nc4cc(C)sc4C(=O)O)c4cc[nH]c4n3)c(OC)c2)CC1. The number of hydrogen-bond acceptors (Lipinski definition) is 8. The van der Waals surface area contributed by atoms with Crippen molar-refractivity contribution >= 4 is 51.5 Å². The summed E-state index contributed by atoms with van der Waals surface area (Å²) in [4.78, 5) is 27.8. The number of carboxylic acid groups (broad SMARTS) is 1. The summed E-state index contributed by atoms with van der Waals surface area (Å²) in [6.45, 7) is 7.55. The molecule has 0 spiro atoms. The fourth-order valence-corrected chi connectivity index (χ4v) is 5.78. The van der Waals surface area contributed by atoms with Crippen LogP contribution in [0.25, 0.3) is 11.0 Å². The number of benzene rings is 1. The molecule has 1 fully saturated rings. The quantitative estimate of drug-likeness (QED) is 0.209. The third kappa shape index (κ3) is 5.40. The Kier molecular flexibility index (Phi) is 7.29. The van der Waals surface area contributed by atoms with Crippen LogP contribution in [0.3, 0.4) is 0 Å². The number of H-pyrrole nitrogens is 1. The second kappa shape index (κ2) is 10.8. The number of piperidine rings is 1. The lowest BCUT2D eigenvalue weighted by Gasteiger charge is -2.32. The topological polar surface area (TPSA) is 115 Å². The number of likely N-dealkylation sites (tertiary alicyclic amines) is 1. The molecule has 0 atom stereocenters. The third-order valence-corrected chi connectivity index (χ3v) is 7.83. The third-order valence-electron chi connectivity index (χ3n) is 6.79. The molecule has 1 aliphatic heterocycles. The highest BCUT2D eigenvalue weighted by Gasteiger charge is 2.22. The molecule has 37 heavy (non-hydrogen) atoms. The smallest absolute Gasteiger partial charge is 0.348 e. The van der Waals surface area contributed by atoms with E-state index in [-0.39, 0.29) is 4.88 Å². The highest BCUT2D eigenvalue weighted by molar-refractivity contribution is 7.14. The van der Waals surface area contributed by atoms with Gasteiger partial charge in [0.05, 0.1) is 23.9 Å². The van der Waals surface area contributed by atoms with Gasteiger partial charge in [0, 0.05) is 11.1 Å². The number of ether oxygens (including phenoxy) is 1. The number of nitrogens with zero attached hydrogens (tertiary/aromatic N) is 3. The standard InChI is InChI=1S/C27H32N6O3S/c1-4-11-33-12-8-17(9-13-33)18-5-6-20(22(15-18)36-3)30-27-31-24-19(7-10-28-24)25(32-27)29-21-14-16(2)37-23(21)26(34)35/h5-7,10,14-15,17H,4,8-9,11-13H2,1-3H3,(H,34,35)(H3,28,29,30,31,32). The number of aryl methyl sites for hydroxylation is 1. The van der Waals surface area contributed by atoms with Gasteiger partial charge in [-0.15, -0.1) is 11.3 Å². The van der Waals surface area contributed by atoms with Crippen LogP contribution in [0.4, 0.5) is 23.1 Å². The van der Waals surface area contributed by atoms with E-state index < -0.39 is 5.97 Å². The van der Waals surface area contributed by atoms with Crippen molar-refractivity contribution in [2.24, 2.45) is 0 Å². The molecular weight excluding hydrogens is 488 g/mol. The number of aromatic amines is 1. The second-order valence-electron chi connectivity index (χ2n) is 9.37. The molecule has 1 saturated heterocycles. The van der Waals surface area contributed by atoms with Gasteiger partial charge in [-0.05, 0) is 81.6 Å². The van der Waals surface area contributed by atoms with Crippen molar-refractivity contribution in [3.05, 3.63) is 51.8 Å². The molecular formula is C27H32N6O3S. The van der Waals surface area contributed by atoms with Gasteiger partial charge in [0.25, 0.3) is 0 Å². The Morgan fingerprint density at radius 3 is 2.73 bits per heavy atom. The number of aromatic carboxylic acids is 1. The predicted octanol–water partition coefficient (Wildman–Crippen LogP) is 6.11. The minimum atomic E-state index is -0.973. The van der Waals surface area contributed by atoms with Crippen LogP contribution in [0.15, 0.2) is 36.5 Å². The second-order valence-corrected chi connectivity index (χ2v) is 10.6. The number of carbonyl (C=O) groups is 1. The molecule has 0 saturated carbocycles. The minimum absolute atomic E-state index is 0.243. The molecule has 194 valence electrons. The van der Waals surface area contributed by atoms with Gasteiger partial charge in [0.2, 0.25) is 5.95 Å². The van der Waals surface area contributed by atoms with Crippen LogP contribution in [0.5, 0.6) is 5.75 Å². The summed E-state index contributed by atoms with van der Waals surface area (Å²) in [6, 6.07) is 9.97. The van der Waals surface area contributed by atoms with E-state index in [1.807, 2.05) is 25.1 Å². The van der Waals surface area contributed by atoms with Crippen molar-refractivity contribution in [3.63, 3.8) is 0 Å². The van der Waals surface area contributed by atoms with Gasteiger partial charge in [-0.1, -0.05) is 13.0 Å². The summed E-state index contributed by atoms with van der Waals surface area (Å²) in [6.07, 6.45) is 5.28. The van der Waals surface area contributed by atoms with E-state index in [9.17, 15) is 9.90 Å². The number of carboxylic acids is 1. The molecule has 0 bridgehead atoms. The molecule has 5 rings (SSSR count). The lowest BCUT2D eigenvalue weighted by atomic mass is 9.89.